The second-order valence-corrected chi connectivity index (χ2v) is 4.42. The number of hydrogen-bond donors (Lipinski definition) is 0. The van der Waals surface area contributed by atoms with Gasteiger partial charge >= 0.3 is 11.4 Å². The van der Waals surface area contributed by atoms with Crippen molar-refractivity contribution in [2.45, 2.75) is 38.1 Å². The van der Waals surface area contributed by atoms with Crippen LogP contribution in [0.4, 0.5) is 9.59 Å². The van der Waals surface area contributed by atoms with Gasteiger partial charge in [0.2, 0.25) is 0 Å². The molecule has 1 aliphatic rings. The topological polar surface area (TPSA) is 40.6 Å². The minimum atomic E-state index is -0.666. The number of carbonyl (C=O) groups excluding carboxylic acids is 2. The van der Waals surface area contributed by atoms with Gasteiger partial charge < -0.3 is 4.90 Å². The first-order valence-corrected chi connectivity index (χ1v) is 5.62. The number of urea groups is 1. The lowest BCUT2D eigenvalue weighted by Crippen LogP contribution is -2.47. The van der Waals surface area contributed by atoms with Crippen molar-refractivity contribution in [2.75, 3.05) is 14.1 Å². The fourth-order valence-electron chi connectivity index (χ4n) is 1.93. The zero-order valence-electron chi connectivity index (χ0n) is 9.20. The summed E-state index contributed by atoms with van der Waals surface area (Å²) in [5.41, 5.74) is 0. The van der Waals surface area contributed by atoms with Crippen LogP contribution in [0.3, 0.4) is 0 Å². The predicted octanol–water partition coefficient (Wildman–Crippen LogP) is 2.66. The number of amides is 3. The van der Waals surface area contributed by atoms with Crippen molar-refractivity contribution in [1.82, 2.24) is 9.80 Å². The SMILES string of the molecule is CN(C)C(=O)N(C(=O)Cl)C1CCCCC1. The molecule has 1 saturated carbocycles. The summed E-state index contributed by atoms with van der Waals surface area (Å²) in [5.74, 6) is 0. The summed E-state index contributed by atoms with van der Waals surface area (Å²) in [6.07, 6.45) is 5.05. The zero-order chi connectivity index (χ0) is 11.4. The molecule has 3 amide bonds. The summed E-state index contributed by atoms with van der Waals surface area (Å²) in [7, 11) is 3.25. The van der Waals surface area contributed by atoms with E-state index in [0.29, 0.717) is 0 Å². The molecule has 0 unspecified atom stereocenters. The lowest BCUT2D eigenvalue weighted by molar-refractivity contribution is 0.150. The average molecular weight is 233 g/mol. The lowest BCUT2D eigenvalue weighted by atomic mass is 9.95. The summed E-state index contributed by atoms with van der Waals surface area (Å²) in [4.78, 5) is 25.5. The van der Waals surface area contributed by atoms with Crippen molar-refractivity contribution in [3.63, 3.8) is 0 Å². The molecule has 1 fully saturated rings. The predicted molar refractivity (Wildman–Crippen MR) is 59.0 cm³/mol. The molecule has 0 heterocycles. The highest BCUT2D eigenvalue weighted by atomic mass is 35.5. The van der Waals surface area contributed by atoms with Gasteiger partial charge in [-0.3, -0.25) is 4.79 Å². The molecule has 15 heavy (non-hydrogen) atoms. The van der Waals surface area contributed by atoms with Crippen molar-refractivity contribution in [3.8, 4) is 0 Å². The van der Waals surface area contributed by atoms with Crippen molar-refractivity contribution in [2.24, 2.45) is 0 Å². The molecule has 0 aromatic rings. The molecule has 0 spiro atoms. The molecule has 86 valence electrons. The third-order valence-electron chi connectivity index (χ3n) is 2.72. The second-order valence-electron chi connectivity index (χ2n) is 4.09. The Labute approximate surface area is 95.2 Å². The van der Waals surface area contributed by atoms with E-state index < -0.39 is 5.37 Å². The van der Waals surface area contributed by atoms with Gasteiger partial charge in [-0.05, 0) is 24.4 Å². The minimum Gasteiger partial charge on any atom is -0.330 e. The molecular formula is C10H17ClN2O2. The van der Waals surface area contributed by atoms with Crippen LogP contribution in [0, 0.1) is 0 Å². The van der Waals surface area contributed by atoms with Crippen LogP contribution in [0.1, 0.15) is 32.1 Å². The Morgan fingerprint density at radius 2 is 1.67 bits per heavy atom. The van der Waals surface area contributed by atoms with Gasteiger partial charge in [-0.2, -0.15) is 0 Å². The number of hydrogen-bond acceptors (Lipinski definition) is 2. The number of imide groups is 1. The summed E-state index contributed by atoms with van der Waals surface area (Å²) in [5, 5.41) is -0.666. The van der Waals surface area contributed by atoms with E-state index in [1.807, 2.05) is 0 Å². The van der Waals surface area contributed by atoms with Gasteiger partial charge in [-0.1, -0.05) is 19.3 Å². The number of nitrogens with zero attached hydrogens (tertiary/aromatic N) is 2. The largest absolute Gasteiger partial charge is 0.330 e. The van der Waals surface area contributed by atoms with Crippen LogP contribution in [-0.2, 0) is 0 Å². The molecule has 0 N–H and O–H groups in total. The van der Waals surface area contributed by atoms with E-state index in [4.69, 9.17) is 11.6 Å². The Balaban J connectivity index is 2.72. The van der Waals surface area contributed by atoms with Crippen LogP contribution < -0.4 is 0 Å². The first kappa shape index (κ1) is 12.3. The lowest BCUT2D eigenvalue weighted by Gasteiger charge is -2.32. The summed E-state index contributed by atoms with van der Waals surface area (Å²) >= 11 is 5.46. The first-order chi connectivity index (χ1) is 7.04. The van der Waals surface area contributed by atoms with Crippen molar-refractivity contribution < 1.29 is 9.59 Å². The monoisotopic (exact) mass is 232 g/mol. The molecule has 5 heteroatoms. The standard InChI is InChI=1S/C10H17ClN2O2/c1-12(2)10(15)13(9(11)14)8-6-4-3-5-7-8/h8H,3-7H2,1-2H3. The fraction of sp³-hybridized carbons (Fsp3) is 0.800. The van der Waals surface area contributed by atoms with Gasteiger partial charge in [0.1, 0.15) is 0 Å². The molecule has 1 rings (SSSR count). The van der Waals surface area contributed by atoms with Crippen LogP contribution in [0.2, 0.25) is 0 Å². The maximum absolute atomic E-state index is 11.7. The zero-order valence-corrected chi connectivity index (χ0v) is 9.96. The molecule has 0 aromatic heterocycles. The Morgan fingerprint density at radius 3 is 2.07 bits per heavy atom. The van der Waals surface area contributed by atoms with E-state index in [-0.39, 0.29) is 12.1 Å². The third kappa shape index (κ3) is 3.09. The average Bonchev–Trinajstić information content (AvgIpc) is 2.18. The molecular weight excluding hydrogens is 216 g/mol. The Hall–Kier alpha value is -0.770. The molecule has 0 bridgehead atoms. The first-order valence-electron chi connectivity index (χ1n) is 5.24. The van der Waals surface area contributed by atoms with E-state index in [1.165, 1.54) is 16.2 Å². The molecule has 0 atom stereocenters. The highest BCUT2D eigenvalue weighted by Gasteiger charge is 2.30. The number of rotatable bonds is 1. The van der Waals surface area contributed by atoms with E-state index in [0.717, 1.165) is 25.7 Å². The van der Waals surface area contributed by atoms with Gasteiger partial charge in [0.25, 0.3) is 0 Å². The Bertz CT molecular complexity index is 250. The summed E-state index contributed by atoms with van der Waals surface area (Å²) < 4.78 is 0. The van der Waals surface area contributed by atoms with E-state index in [1.54, 1.807) is 14.1 Å². The van der Waals surface area contributed by atoms with Crippen LogP contribution >= 0.6 is 11.6 Å². The van der Waals surface area contributed by atoms with Gasteiger partial charge in [0, 0.05) is 20.1 Å². The van der Waals surface area contributed by atoms with Gasteiger partial charge in [-0.25, -0.2) is 9.69 Å². The normalized spacial score (nSPS) is 17.3. The molecule has 0 aliphatic heterocycles. The minimum absolute atomic E-state index is 0.0151. The fourth-order valence-corrected chi connectivity index (χ4v) is 2.14. The van der Waals surface area contributed by atoms with E-state index >= 15 is 0 Å². The van der Waals surface area contributed by atoms with Crippen molar-refractivity contribution >= 4 is 23.0 Å². The van der Waals surface area contributed by atoms with Crippen molar-refractivity contribution in [3.05, 3.63) is 0 Å². The highest BCUT2D eigenvalue weighted by Crippen LogP contribution is 2.24. The molecule has 0 saturated heterocycles. The number of halogens is 1. The summed E-state index contributed by atoms with van der Waals surface area (Å²) in [6, 6.07) is -0.333. The molecule has 4 nitrogen and oxygen atoms in total. The molecule has 0 radical (unpaired) electrons. The third-order valence-corrected chi connectivity index (χ3v) is 2.90. The summed E-state index contributed by atoms with van der Waals surface area (Å²) in [6.45, 7) is 0. The van der Waals surface area contributed by atoms with E-state index in [2.05, 4.69) is 0 Å². The van der Waals surface area contributed by atoms with Gasteiger partial charge in [0.15, 0.2) is 0 Å². The van der Waals surface area contributed by atoms with Crippen LogP contribution in [0.25, 0.3) is 0 Å². The van der Waals surface area contributed by atoms with E-state index in [9.17, 15) is 9.59 Å². The maximum atomic E-state index is 11.7. The van der Waals surface area contributed by atoms with Crippen LogP contribution in [-0.4, -0.2) is 41.3 Å². The Morgan fingerprint density at radius 1 is 1.13 bits per heavy atom. The highest BCUT2D eigenvalue weighted by molar-refractivity contribution is 6.64. The second kappa shape index (κ2) is 5.35. The molecule has 1 aliphatic carbocycles. The van der Waals surface area contributed by atoms with Crippen LogP contribution in [0.5, 0.6) is 0 Å². The maximum Gasteiger partial charge on any atom is 0.327 e. The number of carbonyl (C=O) groups is 2. The quantitative estimate of drug-likeness (QED) is 0.515. The van der Waals surface area contributed by atoms with Gasteiger partial charge in [0.05, 0.1) is 0 Å². The Kier molecular flexibility index (Phi) is 4.39. The van der Waals surface area contributed by atoms with Gasteiger partial charge in [-0.15, -0.1) is 0 Å². The molecule has 0 aromatic carbocycles. The smallest absolute Gasteiger partial charge is 0.327 e. The van der Waals surface area contributed by atoms with Crippen molar-refractivity contribution in [1.29, 1.82) is 0 Å². The van der Waals surface area contributed by atoms with Crippen LogP contribution in [0.15, 0.2) is 0 Å².